The number of hydrogen-bond acceptors (Lipinski definition) is 1. The molecule has 0 fully saturated rings. The SMILES string of the molecule is CCCc1cc2c(cc1/C(C)=C/c1ccc(C(=O)O)cc1)C(C)(C)CCC2(C)C. The van der Waals surface area contributed by atoms with Gasteiger partial charge in [-0.05, 0) is 82.5 Å². The van der Waals surface area contributed by atoms with Crippen molar-refractivity contribution in [3.63, 3.8) is 0 Å². The molecule has 0 aliphatic heterocycles. The first kappa shape index (κ1) is 21.4. The fourth-order valence-electron chi connectivity index (χ4n) is 4.55. The molecule has 0 radical (unpaired) electrons. The lowest BCUT2D eigenvalue weighted by Gasteiger charge is -2.42. The molecule has 0 unspecified atom stereocenters. The third-order valence-corrected chi connectivity index (χ3v) is 6.56. The minimum absolute atomic E-state index is 0.188. The third kappa shape index (κ3) is 4.32. The van der Waals surface area contributed by atoms with Crippen molar-refractivity contribution in [1.29, 1.82) is 0 Å². The molecular formula is C27H34O2. The van der Waals surface area contributed by atoms with Crippen molar-refractivity contribution < 1.29 is 9.90 Å². The number of allylic oxidation sites excluding steroid dienone is 1. The summed E-state index contributed by atoms with van der Waals surface area (Å²) in [6, 6.07) is 12.0. The van der Waals surface area contributed by atoms with Crippen molar-refractivity contribution >= 4 is 17.6 Å². The fourth-order valence-corrected chi connectivity index (χ4v) is 4.55. The summed E-state index contributed by atoms with van der Waals surface area (Å²) in [6.45, 7) is 13.9. The Kier molecular flexibility index (Phi) is 5.76. The summed E-state index contributed by atoms with van der Waals surface area (Å²) in [4.78, 5) is 11.1. The van der Waals surface area contributed by atoms with Crippen LogP contribution in [0.25, 0.3) is 11.6 Å². The first-order valence-corrected chi connectivity index (χ1v) is 10.7. The first-order chi connectivity index (χ1) is 13.5. The lowest BCUT2D eigenvalue weighted by Crippen LogP contribution is -2.34. The number of aryl methyl sites for hydroxylation is 1. The summed E-state index contributed by atoms with van der Waals surface area (Å²) in [5.41, 5.74) is 8.75. The molecule has 0 heterocycles. The third-order valence-electron chi connectivity index (χ3n) is 6.56. The summed E-state index contributed by atoms with van der Waals surface area (Å²) in [5.74, 6) is -0.887. The summed E-state index contributed by atoms with van der Waals surface area (Å²) in [6.07, 6.45) is 6.80. The Balaban J connectivity index is 2.11. The smallest absolute Gasteiger partial charge is 0.335 e. The van der Waals surface area contributed by atoms with Crippen molar-refractivity contribution in [3.8, 4) is 0 Å². The van der Waals surface area contributed by atoms with E-state index in [9.17, 15) is 4.79 Å². The van der Waals surface area contributed by atoms with E-state index in [4.69, 9.17) is 5.11 Å². The van der Waals surface area contributed by atoms with Crippen LogP contribution in [0, 0.1) is 0 Å². The molecule has 0 saturated heterocycles. The molecule has 0 saturated carbocycles. The van der Waals surface area contributed by atoms with E-state index in [2.05, 4.69) is 59.8 Å². The van der Waals surface area contributed by atoms with Crippen molar-refractivity contribution in [3.05, 3.63) is 69.8 Å². The molecule has 0 aromatic heterocycles. The van der Waals surface area contributed by atoms with E-state index in [-0.39, 0.29) is 10.8 Å². The molecule has 1 aliphatic carbocycles. The molecule has 1 N–H and O–H groups in total. The number of fused-ring (bicyclic) bond motifs is 1. The van der Waals surface area contributed by atoms with Gasteiger partial charge in [0.1, 0.15) is 0 Å². The number of rotatable bonds is 5. The van der Waals surface area contributed by atoms with Crippen molar-refractivity contribution in [2.45, 2.75) is 78.1 Å². The highest BCUT2D eigenvalue weighted by Crippen LogP contribution is 2.47. The Hall–Kier alpha value is -2.35. The summed E-state index contributed by atoms with van der Waals surface area (Å²) >= 11 is 0. The Morgan fingerprint density at radius 3 is 2.07 bits per heavy atom. The minimum Gasteiger partial charge on any atom is -0.478 e. The van der Waals surface area contributed by atoms with Crippen LogP contribution in [0.4, 0.5) is 0 Å². The minimum atomic E-state index is -0.887. The molecule has 2 aromatic carbocycles. The Labute approximate surface area is 175 Å². The van der Waals surface area contributed by atoms with Crippen LogP contribution in [0.1, 0.15) is 99.0 Å². The largest absolute Gasteiger partial charge is 0.478 e. The fraction of sp³-hybridized carbons (Fsp3) is 0.444. The van der Waals surface area contributed by atoms with Crippen LogP contribution < -0.4 is 0 Å². The second-order valence-electron chi connectivity index (χ2n) is 9.83. The first-order valence-electron chi connectivity index (χ1n) is 10.7. The standard InChI is InChI=1S/C27H34O2/c1-7-8-21-16-23-24(27(5,6)14-13-26(23,3)4)17-22(21)18(2)15-19-9-11-20(12-10-19)25(28)29/h9-12,15-17H,7-8,13-14H2,1-6H3,(H,28,29)/b18-15+. The second kappa shape index (κ2) is 7.82. The number of carboxylic acid groups (broad SMARTS) is 1. The van der Waals surface area contributed by atoms with Crippen LogP contribution in [0.2, 0.25) is 0 Å². The highest BCUT2D eigenvalue weighted by molar-refractivity contribution is 5.88. The molecule has 2 aromatic rings. The normalized spacial score (nSPS) is 17.7. The van der Waals surface area contributed by atoms with Crippen molar-refractivity contribution in [2.24, 2.45) is 0 Å². The van der Waals surface area contributed by atoms with Gasteiger partial charge in [-0.1, -0.05) is 71.4 Å². The van der Waals surface area contributed by atoms with Crippen molar-refractivity contribution in [1.82, 2.24) is 0 Å². The Morgan fingerprint density at radius 1 is 1.00 bits per heavy atom. The molecule has 2 heteroatoms. The van der Waals surface area contributed by atoms with Gasteiger partial charge >= 0.3 is 5.97 Å². The predicted molar refractivity (Wildman–Crippen MR) is 123 cm³/mol. The molecule has 3 rings (SSSR count). The monoisotopic (exact) mass is 390 g/mol. The summed E-state index contributed by atoms with van der Waals surface area (Å²) in [5, 5.41) is 9.12. The molecule has 1 aliphatic rings. The molecule has 2 nitrogen and oxygen atoms in total. The van der Waals surface area contributed by atoms with Crippen LogP contribution >= 0.6 is 0 Å². The molecule has 0 amide bonds. The number of hydrogen-bond donors (Lipinski definition) is 1. The number of aromatic carboxylic acids is 1. The average Bonchev–Trinajstić information content (AvgIpc) is 2.66. The van der Waals surface area contributed by atoms with Gasteiger partial charge in [0.25, 0.3) is 0 Å². The Bertz CT molecular complexity index is 943. The van der Waals surface area contributed by atoms with Crippen LogP contribution in [0.5, 0.6) is 0 Å². The van der Waals surface area contributed by atoms with E-state index in [1.54, 1.807) is 12.1 Å². The average molecular weight is 391 g/mol. The van der Waals surface area contributed by atoms with Crippen molar-refractivity contribution in [2.75, 3.05) is 0 Å². The zero-order valence-electron chi connectivity index (χ0n) is 18.7. The van der Waals surface area contributed by atoms with E-state index in [0.717, 1.165) is 18.4 Å². The van der Waals surface area contributed by atoms with Gasteiger partial charge < -0.3 is 5.11 Å². The molecular weight excluding hydrogens is 356 g/mol. The second-order valence-corrected chi connectivity index (χ2v) is 9.83. The van der Waals surface area contributed by atoms with Crippen LogP contribution in [-0.4, -0.2) is 11.1 Å². The summed E-state index contributed by atoms with van der Waals surface area (Å²) in [7, 11) is 0. The molecule has 0 bridgehead atoms. The number of benzene rings is 2. The van der Waals surface area contributed by atoms with E-state index < -0.39 is 5.97 Å². The van der Waals surface area contributed by atoms with Crippen LogP contribution in [-0.2, 0) is 17.3 Å². The highest BCUT2D eigenvalue weighted by atomic mass is 16.4. The maximum absolute atomic E-state index is 11.1. The van der Waals surface area contributed by atoms with Gasteiger partial charge in [0.2, 0.25) is 0 Å². The maximum atomic E-state index is 11.1. The van der Waals surface area contributed by atoms with E-state index >= 15 is 0 Å². The number of carboxylic acids is 1. The van der Waals surface area contributed by atoms with Crippen LogP contribution in [0.15, 0.2) is 36.4 Å². The maximum Gasteiger partial charge on any atom is 0.335 e. The topological polar surface area (TPSA) is 37.3 Å². The van der Waals surface area contributed by atoms with E-state index in [1.807, 2.05) is 12.1 Å². The summed E-state index contributed by atoms with van der Waals surface area (Å²) < 4.78 is 0. The van der Waals surface area contributed by atoms with E-state index in [1.165, 1.54) is 40.7 Å². The Morgan fingerprint density at radius 2 is 1.55 bits per heavy atom. The number of carbonyl (C=O) groups is 1. The predicted octanol–water partition coefficient (Wildman–Crippen LogP) is 7.25. The molecule has 29 heavy (non-hydrogen) atoms. The zero-order valence-corrected chi connectivity index (χ0v) is 18.7. The molecule has 0 spiro atoms. The van der Waals surface area contributed by atoms with Gasteiger partial charge in [0.15, 0.2) is 0 Å². The van der Waals surface area contributed by atoms with Gasteiger partial charge in [0, 0.05) is 0 Å². The lowest BCUT2D eigenvalue weighted by atomic mass is 9.62. The van der Waals surface area contributed by atoms with Gasteiger partial charge in [-0.15, -0.1) is 0 Å². The zero-order chi connectivity index (χ0) is 21.4. The van der Waals surface area contributed by atoms with Gasteiger partial charge in [-0.3, -0.25) is 0 Å². The van der Waals surface area contributed by atoms with Gasteiger partial charge in [0.05, 0.1) is 5.56 Å². The van der Waals surface area contributed by atoms with Gasteiger partial charge in [-0.25, -0.2) is 4.79 Å². The van der Waals surface area contributed by atoms with E-state index in [0.29, 0.717) is 5.56 Å². The quantitative estimate of drug-likeness (QED) is 0.546. The van der Waals surface area contributed by atoms with Gasteiger partial charge in [-0.2, -0.15) is 0 Å². The van der Waals surface area contributed by atoms with Crippen LogP contribution in [0.3, 0.4) is 0 Å². The lowest BCUT2D eigenvalue weighted by molar-refractivity contribution is 0.0697. The molecule has 154 valence electrons. The molecule has 0 atom stereocenters. The highest BCUT2D eigenvalue weighted by Gasteiger charge is 2.37.